The average molecular weight is 333 g/mol. The number of anilines is 1. The summed E-state index contributed by atoms with van der Waals surface area (Å²) in [5.41, 5.74) is 9.67. The van der Waals surface area contributed by atoms with Crippen LogP contribution in [-0.2, 0) is 0 Å². The van der Waals surface area contributed by atoms with Crippen molar-refractivity contribution < 1.29 is 9.72 Å². The molecule has 2 rings (SSSR count). The molecule has 118 valence electrons. The molecule has 3 N–H and O–H groups in total. The van der Waals surface area contributed by atoms with Crippen LogP contribution >= 0.6 is 11.6 Å². The number of rotatable bonds is 4. The zero-order valence-electron chi connectivity index (χ0n) is 12.1. The van der Waals surface area contributed by atoms with Crippen molar-refractivity contribution in [3.63, 3.8) is 0 Å². The minimum atomic E-state index is -0.652. The number of nitrogen functional groups attached to an aromatic ring is 1. The van der Waals surface area contributed by atoms with E-state index in [1.54, 1.807) is 31.2 Å². The fourth-order valence-electron chi connectivity index (χ4n) is 1.82. The van der Waals surface area contributed by atoms with Crippen molar-refractivity contribution in [2.45, 2.75) is 6.92 Å². The predicted octanol–water partition coefficient (Wildman–Crippen LogP) is 2.98. The molecular weight excluding hydrogens is 320 g/mol. The van der Waals surface area contributed by atoms with Crippen LogP contribution in [0.4, 0.5) is 11.4 Å². The number of nitro benzene ring substituents is 1. The number of halogens is 1. The number of amides is 1. The van der Waals surface area contributed by atoms with Crippen LogP contribution in [0.15, 0.2) is 47.6 Å². The Morgan fingerprint density at radius 2 is 2.00 bits per heavy atom. The number of nitrogens with zero attached hydrogens (tertiary/aromatic N) is 2. The molecule has 2 aromatic rings. The number of hydrazone groups is 1. The molecule has 1 amide bonds. The molecule has 0 saturated carbocycles. The lowest BCUT2D eigenvalue weighted by Gasteiger charge is -2.04. The number of carbonyl (C=O) groups excluding carboxylic acids is 1. The first kappa shape index (κ1) is 16.4. The SMILES string of the molecule is CC(=NNC(=O)c1ccc(Cl)c([N+](=O)[O-])c1)c1cccc(N)c1. The maximum absolute atomic E-state index is 12.0. The largest absolute Gasteiger partial charge is 0.399 e. The van der Waals surface area contributed by atoms with Gasteiger partial charge in [0, 0.05) is 17.3 Å². The summed E-state index contributed by atoms with van der Waals surface area (Å²) < 4.78 is 0. The number of nitrogens with two attached hydrogens (primary N) is 1. The van der Waals surface area contributed by atoms with Gasteiger partial charge in [-0.05, 0) is 36.8 Å². The Morgan fingerprint density at radius 1 is 1.26 bits per heavy atom. The maximum atomic E-state index is 12.0. The summed E-state index contributed by atoms with van der Waals surface area (Å²) in [6, 6.07) is 10.8. The molecule has 2 aromatic carbocycles. The van der Waals surface area contributed by atoms with E-state index in [0.29, 0.717) is 11.4 Å². The van der Waals surface area contributed by atoms with Gasteiger partial charge in [-0.2, -0.15) is 5.10 Å². The third-order valence-corrected chi connectivity index (χ3v) is 3.35. The minimum absolute atomic E-state index is 0.0361. The van der Waals surface area contributed by atoms with Gasteiger partial charge in [0.25, 0.3) is 11.6 Å². The molecule has 0 aliphatic heterocycles. The van der Waals surface area contributed by atoms with Gasteiger partial charge in [-0.3, -0.25) is 14.9 Å². The summed E-state index contributed by atoms with van der Waals surface area (Å²) >= 11 is 5.71. The van der Waals surface area contributed by atoms with Crippen LogP contribution in [0, 0.1) is 10.1 Å². The van der Waals surface area contributed by atoms with Gasteiger partial charge in [0.2, 0.25) is 0 Å². The highest BCUT2D eigenvalue weighted by Gasteiger charge is 2.16. The smallest absolute Gasteiger partial charge is 0.288 e. The summed E-state index contributed by atoms with van der Waals surface area (Å²) in [6.07, 6.45) is 0. The van der Waals surface area contributed by atoms with Gasteiger partial charge in [-0.25, -0.2) is 5.43 Å². The van der Waals surface area contributed by atoms with Gasteiger partial charge < -0.3 is 5.73 Å². The highest BCUT2D eigenvalue weighted by molar-refractivity contribution is 6.32. The summed E-state index contributed by atoms with van der Waals surface area (Å²) in [4.78, 5) is 22.2. The van der Waals surface area contributed by atoms with Gasteiger partial charge >= 0.3 is 0 Å². The Balaban J connectivity index is 2.18. The number of nitrogens with one attached hydrogen (secondary N) is 1. The summed E-state index contributed by atoms with van der Waals surface area (Å²) in [5, 5.41) is 14.8. The first-order valence-electron chi connectivity index (χ1n) is 6.53. The van der Waals surface area contributed by atoms with Crippen LogP contribution in [0.3, 0.4) is 0 Å². The molecule has 0 atom stereocenters. The lowest BCUT2D eigenvalue weighted by atomic mass is 10.1. The van der Waals surface area contributed by atoms with Crippen molar-refractivity contribution in [1.29, 1.82) is 0 Å². The molecule has 0 fully saturated rings. The Morgan fingerprint density at radius 3 is 2.65 bits per heavy atom. The molecule has 0 aromatic heterocycles. The number of benzene rings is 2. The average Bonchev–Trinajstić information content (AvgIpc) is 2.52. The highest BCUT2D eigenvalue weighted by atomic mass is 35.5. The Hall–Kier alpha value is -2.93. The lowest BCUT2D eigenvalue weighted by Crippen LogP contribution is -2.19. The highest BCUT2D eigenvalue weighted by Crippen LogP contribution is 2.24. The molecule has 0 aliphatic carbocycles. The summed E-state index contributed by atoms with van der Waals surface area (Å²) in [5.74, 6) is -0.576. The normalized spacial score (nSPS) is 11.1. The van der Waals surface area contributed by atoms with E-state index in [0.717, 1.165) is 11.6 Å². The molecule has 0 aliphatic rings. The van der Waals surface area contributed by atoms with Crippen molar-refractivity contribution in [1.82, 2.24) is 5.43 Å². The fraction of sp³-hybridized carbons (Fsp3) is 0.0667. The number of nitro groups is 1. The van der Waals surface area contributed by atoms with Crippen LogP contribution in [0.5, 0.6) is 0 Å². The van der Waals surface area contributed by atoms with Crippen LogP contribution in [-0.4, -0.2) is 16.5 Å². The third kappa shape index (κ3) is 4.04. The topological polar surface area (TPSA) is 111 Å². The molecular formula is C15H13ClN4O3. The number of hydrogen-bond acceptors (Lipinski definition) is 5. The lowest BCUT2D eigenvalue weighted by molar-refractivity contribution is -0.384. The van der Waals surface area contributed by atoms with Crippen LogP contribution in [0.2, 0.25) is 5.02 Å². The predicted molar refractivity (Wildman–Crippen MR) is 88.6 cm³/mol. The van der Waals surface area contributed by atoms with E-state index in [9.17, 15) is 14.9 Å². The minimum Gasteiger partial charge on any atom is -0.399 e. The van der Waals surface area contributed by atoms with E-state index < -0.39 is 10.8 Å². The monoisotopic (exact) mass is 332 g/mol. The second kappa shape index (κ2) is 6.89. The van der Waals surface area contributed by atoms with Gasteiger partial charge in [-0.15, -0.1) is 0 Å². The van der Waals surface area contributed by atoms with Gasteiger partial charge in [0.15, 0.2) is 0 Å². The van der Waals surface area contributed by atoms with Gasteiger partial charge in [0.1, 0.15) is 5.02 Å². The molecule has 0 radical (unpaired) electrons. The number of carbonyl (C=O) groups is 1. The van der Waals surface area contributed by atoms with E-state index in [-0.39, 0.29) is 16.3 Å². The van der Waals surface area contributed by atoms with E-state index >= 15 is 0 Å². The second-order valence-corrected chi connectivity index (χ2v) is 5.09. The first-order valence-corrected chi connectivity index (χ1v) is 6.91. The van der Waals surface area contributed by atoms with Crippen molar-refractivity contribution in [3.8, 4) is 0 Å². The third-order valence-electron chi connectivity index (χ3n) is 3.03. The van der Waals surface area contributed by atoms with Crippen molar-refractivity contribution in [3.05, 3.63) is 68.7 Å². The van der Waals surface area contributed by atoms with Crippen LogP contribution in [0.25, 0.3) is 0 Å². The molecule has 7 nitrogen and oxygen atoms in total. The van der Waals surface area contributed by atoms with Crippen molar-refractivity contribution >= 4 is 34.6 Å². The zero-order chi connectivity index (χ0) is 17.0. The molecule has 0 heterocycles. The van der Waals surface area contributed by atoms with E-state index in [1.165, 1.54) is 12.1 Å². The van der Waals surface area contributed by atoms with Crippen LogP contribution < -0.4 is 11.2 Å². The van der Waals surface area contributed by atoms with Crippen LogP contribution in [0.1, 0.15) is 22.8 Å². The molecule has 23 heavy (non-hydrogen) atoms. The second-order valence-electron chi connectivity index (χ2n) is 4.69. The van der Waals surface area contributed by atoms with E-state index in [4.69, 9.17) is 17.3 Å². The number of hydrogen-bond donors (Lipinski definition) is 2. The fourth-order valence-corrected chi connectivity index (χ4v) is 2.01. The first-order chi connectivity index (χ1) is 10.9. The Kier molecular flexibility index (Phi) is 4.92. The molecule has 0 spiro atoms. The summed E-state index contributed by atoms with van der Waals surface area (Å²) in [7, 11) is 0. The molecule has 0 bridgehead atoms. The van der Waals surface area contributed by atoms with Crippen molar-refractivity contribution in [2.75, 3.05) is 5.73 Å². The zero-order valence-corrected chi connectivity index (χ0v) is 12.9. The van der Waals surface area contributed by atoms with E-state index in [2.05, 4.69) is 10.5 Å². The molecule has 8 heteroatoms. The van der Waals surface area contributed by atoms with Gasteiger partial charge in [-0.1, -0.05) is 23.7 Å². The quantitative estimate of drug-likeness (QED) is 0.388. The standard InChI is InChI=1S/C15H13ClN4O3/c1-9(10-3-2-4-12(17)7-10)18-19-15(21)11-5-6-13(16)14(8-11)20(22)23/h2-8H,17H2,1H3,(H,19,21). The molecule has 0 unspecified atom stereocenters. The molecule has 0 saturated heterocycles. The van der Waals surface area contributed by atoms with Crippen molar-refractivity contribution in [2.24, 2.45) is 5.10 Å². The Labute approximate surface area is 136 Å². The van der Waals surface area contributed by atoms with E-state index in [1.807, 2.05) is 0 Å². The van der Waals surface area contributed by atoms with Gasteiger partial charge in [0.05, 0.1) is 10.6 Å². The Bertz CT molecular complexity index is 805. The summed E-state index contributed by atoms with van der Waals surface area (Å²) in [6.45, 7) is 1.71. The maximum Gasteiger partial charge on any atom is 0.288 e.